The second-order valence-electron chi connectivity index (χ2n) is 18.5. The van der Waals surface area contributed by atoms with Gasteiger partial charge in [-0.05, 0) is 111 Å². The first-order valence-corrected chi connectivity index (χ1v) is 23.0. The molecular formula is C63H43N3. The van der Waals surface area contributed by atoms with Crippen LogP contribution in [-0.4, -0.2) is 8.97 Å². The van der Waals surface area contributed by atoms with Gasteiger partial charge in [0.05, 0.1) is 33.3 Å². The maximum absolute atomic E-state index is 2.51. The van der Waals surface area contributed by atoms with Gasteiger partial charge in [0, 0.05) is 54.8 Å². The second kappa shape index (κ2) is 13.8. The summed E-state index contributed by atoms with van der Waals surface area (Å²) in [4.78, 5) is 2.46. The van der Waals surface area contributed by atoms with Crippen molar-refractivity contribution in [2.24, 2.45) is 0 Å². The molecule has 310 valence electrons. The lowest BCUT2D eigenvalue weighted by Gasteiger charge is -2.27. The second-order valence-corrected chi connectivity index (χ2v) is 18.5. The van der Waals surface area contributed by atoms with Crippen molar-refractivity contribution in [3.8, 4) is 39.1 Å². The Bertz CT molecular complexity index is 4060. The lowest BCUT2D eigenvalue weighted by molar-refractivity contribution is 0.660. The van der Waals surface area contributed by atoms with Crippen molar-refractivity contribution in [1.29, 1.82) is 0 Å². The first kappa shape index (κ1) is 37.0. The summed E-state index contributed by atoms with van der Waals surface area (Å²) in [6.07, 6.45) is 0. The molecule has 0 saturated carbocycles. The fourth-order valence-electron chi connectivity index (χ4n) is 11.6. The molecule has 0 amide bonds. The minimum atomic E-state index is -0.0223. The fourth-order valence-corrected chi connectivity index (χ4v) is 11.6. The summed E-state index contributed by atoms with van der Waals surface area (Å²) >= 11 is 0. The first-order valence-electron chi connectivity index (χ1n) is 23.0. The molecule has 3 nitrogen and oxygen atoms in total. The minimum Gasteiger partial charge on any atom is -0.309 e. The molecule has 0 saturated heterocycles. The van der Waals surface area contributed by atoms with Crippen molar-refractivity contribution in [3.63, 3.8) is 0 Å². The average Bonchev–Trinajstić information content (AvgIpc) is 4.08. The van der Waals surface area contributed by atoms with Crippen molar-refractivity contribution in [1.82, 2.24) is 8.97 Å². The van der Waals surface area contributed by atoms with Crippen molar-refractivity contribution in [3.05, 3.63) is 236 Å². The highest BCUT2D eigenvalue weighted by molar-refractivity contribution is 6.25. The van der Waals surface area contributed by atoms with Crippen molar-refractivity contribution >= 4 is 77.0 Å². The summed E-state index contributed by atoms with van der Waals surface area (Å²) in [7, 11) is 0. The predicted molar refractivity (Wildman–Crippen MR) is 279 cm³/mol. The van der Waals surface area contributed by atoms with E-state index >= 15 is 0 Å². The van der Waals surface area contributed by atoms with Crippen LogP contribution >= 0.6 is 0 Å². The molecule has 3 heterocycles. The van der Waals surface area contributed by atoms with Crippen LogP contribution in [0.3, 0.4) is 0 Å². The smallest absolute Gasteiger partial charge is 0.0782 e. The zero-order chi connectivity index (χ0) is 43.7. The van der Waals surface area contributed by atoms with Crippen molar-refractivity contribution in [2.75, 3.05) is 4.90 Å². The van der Waals surface area contributed by atoms with Gasteiger partial charge in [0.25, 0.3) is 0 Å². The standard InChI is InChI=1S/C63H43N3/c1-63(2)55-22-9-6-16-47(55)54-38-42(31-37-56(54)63)40-26-32-45(33-27-40)64(59-25-13-21-53-52-20-12-19-51-49-18-8-11-24-58(49)66(61(51)52)62(53)59)46-34-28-41(29-35-46)43-30-36-50-48-17-7-10-23-57(48)65(60(50)39-43)44-14-4-3-5-15-44/h3-39H,1-2H3. The van der Waals surface area contributed by atoms with Crippen LogP contribution in [0.4, 0.5) is 17.1 Å². The highest BCUT2D eigenvalue weighted by Crippen LogP contribution is 2.50. The van der Waals surface area contributed by atoms with E-state index in [0.29, 0.717) is 0 Å². The molecule has 0 atom stereocenters. The molecule has 0 N–H and O–H groups in total. The number of nitrogens with zero attached hydrogens (tertiary/aromatic N) is 3. The number of rotatable bonds is 6. The minimum absolute atomic E-state index is 0.0223. The summed E-state index contributed by atoms with van der Waals surface area (Å²) in [5.74, 6) is 0. The number of benzene rings is 10. The fraction of sp³-hybridized carbons (Fsp3) is 0.0476. The van der Waals surface area contributed by atoms with Gasteiger partial charge in [0.15, 0.2) is 0 Å². The molecule has 0 spiro atoms. The van der Waals surface area contributed by atoms with Gasteiger partial charge in [0.2, 0.25) is 0 Å². The Labute approximate surface area is 383 Å². The first-order chi connectivity index (χ1) is 32.5. The molecule has 0 fully saturated rings. The molecule has 66 heavy (non-hydrogen) atoms. The normalized spacial score (nSPS) is 13.1. The number of aromatic nitrogens is 2. The van der Waals surface area contributed by atoms with E-state index in [1.165, 1.54) is 104 Å². The van der Waals surface area contributed by atoms with Gasteiger partial charge in [-0.15, -0.1) is 0 Å². The number of para-hydroxylation sites is 5. The summed E-state index contributed by atoms with van der Waals surface area (Å²) in [5, 5.41) is 7.60. The van der Waals surface area contributed by atoms with E-state index in [-0.39, 0.29) is 5.41 Å². The molecule has 0 aliphatic heterocycles. The molecular weight excluding hydrogens is 799 g/mol. The van der Waals surface area contributed by atoms with Crippen LogP contribution in [0.15, 0.2) is 224 Å². The third-order valence-electron chi connectivity index (χ3n) is 14.7. The molecule has 0 unspecified atom stereocenters. The van der Waals surface area contributed by atoms with Gasteiger partial charge in [-0.25, -0.2) is 0 Å². The average molecular weight is 842 g/mol. The Morgan fingerprint density at radius 1 is 0.348 bits per heavy atom. The third kappa shape index (κ3) is 5.20. The van der Waals surface area contributed by atoms with Gasteiger partial charge >= 0.3 is 0 Å². The number of fused-ring (bicyclic) bond motifs is 12. The predicted octanol–water partition coefficient (Wildman–Crippen LogP) is 17.0. The van der Waals surface area contributed by atoms with Crippen LogP contribution in [0, 0.1) is 0 Å². The van der Waals surface area contributed by atoms with Gasteiger partial charge in [-0.1, -0.05) is 172 Å². The van der Waals surface area contributed by atoms with Crippen LogP contribution in [0.5, 0.6) is 0 Å². The molecule has 13 aromatic rings. The Balaban J connectivity index is 0.932. The van der Waals surface area contributed by atoms with Crippen LogP contribution < -0.4 is 4.90 Å². The Hall–Kier alpha value is -8.40. The maximum atomic E-state index is 2.51. The topological polar surface area (TPSA) is 12.6 Å². The van der Waals surface area contributed by atoms with Crippen LogP contribution in [-0.2, 0) is 5.41 Å². The van der Waals surface area contributed by atoms with E-state index in [0.717, 1.165) is 22.7 Å². The quantitative estimate of drug-likeness (QED) is 0.162. The van der Waals surface area contributed by atoms with Gasteiger partial charge < -0.3 is 13.9 Å². The van der Waals surface area contributed by atoms with Gasteiger partial charge in [0.1, 0.15) is 0 Å². The monoisotopic (exact) mass is 841 g/mol. The molecule has 0 bridgehead atoms. The number of hydrogen-bond donors (Lipinski definition) is 0. The highest BCUT2D eigenvalue weighted by atomic mass is 15.2. The zero-order valence-electron chi connectivity index (χ0n) is 36.7. The molecule has 14 rings (SSSR count). The molecule has 3 aromatic heterocycles. The Kier molecular flexibility index (Phi) is 7.74. The number of anilines is 3. The van der Waals surface area contributed by atoms with Crippen LogP contribution in [0.25, 0.3) is 99.0 Å². The summed E-state index contributed by atoms with van der Waals surface area (Å²) in [5.41, 5.74) is 20.8. The lowest BCUT2D eigenvalue weighted by atomic mass is 9.82. The third-order valence-corrected chi connectivity index (χ3v) is 14.7. The molecule has 0 radical (unpaired) electrons. The maximum Gasteiger partial charge on any atom is 0.0782 e. The van der Waals surface area contributed by atoms with Gasteiger partial charge in [-0.3, -0.25) is 0 Å². The van der Waals surface area contributed by atoms with E-state index in [2.05, 4.69) is 252 Å². The largest absolute Gasteiger partial charge is 0.309 e. The number of hydrogen-bond acceptors (Lipinski definition) is 1. The van der Waals surface area contributed by atoms with Crippen molar-refractivity contribution in [2.45, 2.75) is 19.3 Å². The van der Waals surface area contributed by atoms with Crippen LogP contribution in [0.1, 0.15) is 25.0 Å². The molecule has 1 aliphatic carbocycles. The molecule has 10 aromatic carbocycles. The Morgan fingerprint density at radius 2 is 0.864 bits per heavy atom. The van der Waals surface area contributed by atoms with Crippen LogP contribution in [0.2, 0.25) is 0 Å². The zero-order valence-corrected chi connectivity index (χ0v) is 36.7. The molecule has 1 aliphatic rings. The Morgan fingerprint density at radius 3 is 1.61 bits per heavy atom. The summed E-state index contributed by atoms with van der Waals surface area (Å²) in [6, 6.07) is 83.1. The van der Waals surface area contributed by atoms with Gasteiger partial charge in [-0.2, -0.15) is 0 Å². The summed E-state index contributed by atoms with van der Waals surface area (Å²) in [6.45, 7) is 4.69. The lowest BCUT2D eigenvalue weighted by Crippen LogP contribution is -2.14. The highest BCUT2D eigenvalue weighted by Gasteiger charge is 2.35. The van der Waals surface area contributed by atoms with E-state index in [1.807, 2.05) is 0 Å². The van der Waals surface area contributed by atoms with E-state index in [1.54, 1.807) is 0 Å². The van der Waals surface area contributed by atoms with Crippen molar-refractivity contribution < 1.29 is 0 Å². The molecule has 3 heteroatoms. The van der Waals surface area contributed by atoms with E-state index < -0.39 is 0 Å². The SMILES string of the molecule is CC1(C)c2ccccc2-c2cc(-c3ccc(N(c4ccc(-c5ccc6c7ccccc7n(-c7ccccc7)c6c5)cc4)c4cccc5c6cccc7c8ccccc8n(c45)c76)cc3)ccc21. The van der Waals surface area contributed by atoms with E-state index in [9.17, 15) is 0 Å². The summed E-state index contributed by atoms with van der Waals surface area (Å²) < 4.78 is 4.90. The van der Waals surface area contributed by atoms with E-state index in [4.69, 9.17) is 0 Å².